The van der Waals surface area contributed by atoms with Crippen LogP contribution in [-0.2, 0) is 12.8 Å². The van der Waals surface area contributed by atoms with Gasteiger partial charge in [0.25, 0.3) is 0 Å². The van der Waals surface area contributed by atoms with Gasteiger partial charge < -0.3 is 4.74 Å². The fourth-order valence-electron chi connectivity index (χ4n) is 3.26. The van der Waals surface area contributed by atoms with Gasteiger partial charge in [-0.1, -0.05) is 63.4 Å². The predicted octanol–water partition coefficient (Wildman–Crippen LogP) is 6.19. The summed E-state index contributed by atoms with van der Waals surface area (Å²) in [6.07, 6.45) is 9.07. The van der Waals surface area contributed by atoms with Crippen LogP contribution in [0.15, 0.2) is 54.9 Å². The van der Waals surface area contributed by atoms with Crippen LogP contribution in [0.4, 0.5) is 4.39 Å². The Balaban J connectivity index is 1.64. The number of rotatable bonds is 9. The SMILES string of the molecule is CCCCCc1ccc(C(=O)Oc2cnc(-c3ccc(CCC)cc3)cn2)c(F)c1. The second-order valence-electron chi connectivity index (χ2n) is 7.35. The average molecular weight is 407 g/mol. The molecular formula is C25H27FN2O2. The molecule has 3 aromatic rings. The minimum Gasteiger partial charge on any atom is -0.402 e. The van der Waals surface area contributed by atoms with Crippen molar-refractivity contribution in [3.05, 3.63) is 77.4 Å². The Morgan fingerprint density at radius 1 is 0.900 bits per heavy atom. The number of aromatic nitrogens is 2. The van der Waals surface area contributed by atoms with Crippen molar-refractivity contribution in [3.8, 4) is 17.1 Å². The third kappa shape index (κ3) is 5.72. The Morgan fingerprint density at radius 3 is 2.30 bits per heavy atom. The molecule has 0 aliphatic rings. The summed E-state index contributed by atoms with van der Waals surface area (Å²) < 4.78 is 19.6. The molecule has 0 spiro atoms. The topological polar surface area (TPSA) is 52.1 Å². The number of carbonyl (C=O) groups is 1. The molecule has 2 aromatic carbocycles. The van der Waals surface area contributed by atoms with E-state index in [2.05, 4.69) is 35.9 Å². The Morgan fingerprint density at radius 2 is 1.67 bits per heavy atom. The largest absolute Gasteiger partial charge is 0.402 e. The summed E-state index contributed by atoms with van der Waals surface area (Å²) in [5.41, 5.74) is 3.67. The van der Waals surface area contributed by atoms with Crippen molar-refractivity contribution in [1.29, 1.82) is 0 Å². The zero-order valence-corrected chi connectivity index (χ0v) is 17.5. The Labute approximate surface area is 177 Å². The number of nitrogens with zero attached hydrogens (tertiary/aromatic N) is 2. The molecule has 30 heavy (non-hydrogen) atoms. The van der Waals surface area contributed by atoms with Gasteiger partial charge in [0, 0.05) is 5.56 Å². The van der Waals surface area contributed by atoms with Crippen LogP contribution in [0, 0.1) is 5.82 Å². The van der Waals surface area contributed by atoms with Crippen LogP contribution in [0.1, 0.15) is 61.0 Å². The van der Waals surface area contributed by atoms with Gasteiger partial charge in [0.1, 0.15) is 5.82 Å². The van der Waals surface area contributed by atoms with Gasteiger partial charge >= 0.3 is 5.97 Å². The highest BCUT2D eigenvalue weighted by Gasteiger charge is 2.15. The van der Waals surface area contributed by atoms with E-state index in [0.29, 0.717) is 5.69 Å². The van der Waals surface area contributed by atoms with Crippen molar-refractivity contribution in [2.24, 2.45) is 0 Å². The smallest absolute Gasteiger partial charge is 0.347 e. The van der Waals surface area contributed by atoms with E-state index in [1.54, 1.807) is 12.3 Å². The highest BCUT2D eigenvalue weighted by atomic mass is 19.1. The number of carbonyl (C=O) groups excluding carboxylic acids is 1. The monoisotopic (exact) mass is 406 g/mol. The van der Waals surface area contributed by atoms with Crippen LogP contribution in [0.25, 0.3) is 11.3 Å². The predicted molar refractivity (Wildman–Crippen MR) is 116 cm³/mol. The minimum atomic E-state index is -0.779. The molecule has 0 aliphatic heterocycles. The lowest BCUT2D eigenvalue weighted by Crippen LogP contribution is -2.12. The van der Waals surface area contributed by atoms with Gasteiger partial charge in [0.15, 0.2) is 0 Å². The van der Waals surface area contributed by atoms with Crippen molar-refractivity contribution in [2.45, 2.75) is 52.4 Å². The van der Waals surface area contributed by atoms with Crippen molar-refractivity contribution in [3.63, 3.8) is 0 Å². The Kier molecular flexibility index (Phi) is 7.66. The molecular weight excluding hydrogens is 379 g/mol. The molecule has 0 amide bonds. The summed E-state index contributed by atoms with van der Waals surface area (Å²) in [6, 6.07) is 12.8. The summed E-state index contributed by atoms with van der Waals surface area (Å²) in [5.74, 6) is -1.32. The first-order valence-corrected chi connectivity index (χ1v) is 10.5. The van der Waals surface area contributed by atoms with E-state index in [1.165, 1.54) is 23.9 Å². The minimum absolute atomic E-state index is 0.0396. The van der Waals surface area contributed by atoms with Gasteiger partial charge in [-0.25, -0.2) is 19.2 Å². The van der Waals surface area contributed by atoms with E-state index in [-0.39, 0.29) is 11.4 Å². The quantitative estimate of drug-likeness (QED) is 0.314. The van der Waals surface area contributed by atoms with Crippen LogP contribution in [0.5, 0.6) is 5.88 Å². The molecule has 5 heteroatoms. The highest BCUT2D eigenvalue weighted by molar-refractivity contribution is 5.91. The summed E-state index contributed by atoms with van der Waals surface area (Å²) in [5, 5.41) is 0. The van der Waals surface area contributed by atoms with Gasteiger partial charge in [-0.05, 0) is 42.5 Å². The van der Waals surface area contributed by atoms with Gasteiger partial charge in [-0.3, -0.25) is 0 Å². The molecule has 1 aromatic heterocycles. The van der Waals surface area contributed by atoms with E-state index in [0.717, 1.165) is 49.7 Å². The van der Waals surface area contributed by atoms with Crippen molar-refractivity contribution in [2.75, 3.05) is 0 Å². The van der Waals surface area contributed by atoms with Crippen LogP contribution in [0.3, 0.4) is 0 Å². The number of hydrogen-bond acceptors (Lipinski definition) is 4. The fourth-order valence-corrected chi connectivity index (χ4v) is 3.26. The number of esters is 1. The zero-order valence-electron chi connectivity index (χ0n) is 17.5. The number of unbranched alkanes of at least 4 members (excludes halogenated alkanes) is 2. The van der Waals surface area contributed by atoms with Crippen LogP contribution in [0.2, 0.25) is 0 Å². The molecule has 1 heterocycles. The summed E-state index contributed by atoms with van der Waals surface area (Å²) in [7, 11) is 0. The van der Waals surface area contributed by atoms with Gasteiger partial charge in [0.05, 0.1) is 23.7 Å². The third-order valence-corrected chi connectivity index (χ3v) is 4.94. The highest BCUT2D eigenvalue weighted by Crippen LogP contribution is 2.20. The van der Waals surface area contributed by atoms with E-state index in [4.69, 9.17) is 4.74 Å². The first kappa shape index (κ1) is 21.6. The average Bonchev–Trinajstić information content (AvgIpc) is 2.75. The van der Waals surface area contributed by atoms with Crippen molar-refractivity contribution in [1.82, 2.24) is 9.97 Å². The first-order chi connectivity index (χ1) is 14.6. The Hall–Kier alpha value is -3.08. The van der Waals surface area contributed by atoms with Crippen LogP contribution < -0.4 is 4.74 Å². The molecule has 0 atom stereocenters. The number of ether oxygens (including phenoxy) is 1. The molecule has 3 rings (SSSR count). The number of aryl methyl sites for hydroxylation is 2. The molecule has 0 saturated heterocycles. The molecule has 0 N–H and O–H groups in total. The normalized spacial score (nSPS) is 10.8. The second-order valence-corrected chi connectivity index (χ2v) is 7.35. The summed E-state index contributed by atoms with van der Waals surface area (Å²) in [4.78, 5) is 20.8. The van der Waals surface area contributed by atoms with Crippen LogP contribution in [-0.4, -0.2) is 15.9 Å². The van der Waals surface area contributed by atoms with Gasteiger partial charge in [-0.15, -0.1) is 0 Å². The second kappa shape index (κ2) is 10.6. The van der Waals surface area contributed by atoms with Crippen molar-refractivity contribution < 1.29 is 13.9 Å². The number of benzene rings is 2. The van der Waals surface area contributed by atoms with Crippen LogP contribution >= 0.6 is 0 Å². The molecule has 0 saturated carbocycles. The van der Waals surface area contributed by atoms with Crippen molar-refractivity contribution >= 4 is 5.97 Å². The standard InChI is InChI=1S/C25H27FN2O2/c1-3-5-6-8-19-11-14-21(22(26)15-19)25(29)30-24-17-27-23(16-28-24)20-12-9-18(7-4-2)10-13-20/h9-17H,3-8H2,1-2H3. The van der Waals surface area contributed by atoms with E-state index >= 15 is 0 Å². The molecule has 156 valence electrons. The molecule has 0 fully saturated rings. The number of hydrogen-bond donors (Lipinski definition) is 0. The molecule has 0 radical (unpaired) electrons. The van der Waals surface area contributed by atoms with E-state index in [9.17, 15) is 9.18 Å². The molecule has 0 aliphatic carbocycles. The lowest BCUT2D eigenvalue weighted by atomic mass is 10.0. The Bertz CT molecular complexity index is 969. The third-order valence-electron chi connectivity index (χ3n) is 4.94. The molecule has 0 unspecified atom stereocenters. The van der Waals surface area contributed by atoms with Gasteiger partial charge in [-0.2, -0.15) is 0 Å². The summed E-state index contributed by atoms with van der Waals surface area (Å²) in [6.45, 7) is 4.27. The lowest BCUT2D eigenvalue weighted by molar-refractivity contribution is 0.0722. The fraction of sp³-hybridized carbons (Fsp3) is 0.320. The van der Waals surface area contributed by atoms with E-state index < -0.39 is 11.8 Å². The molecule has 0 bridgehead atoms. The molecule has 4 nitrogen and oxygen atoms in total. The zero-order chi connectivity index (χ0) is 21.3. The summed E-state index contributed by atoms with van der Waals surface area (Å²) >= 11 is 0. The van der Waals surface area contributed by atoms with E-state index in [1.807, 2.05) is 12.1 Å². The lowest BCUT2D eigenvalue weighted by Gasteiger charge is -2.07. The number of halogens is 1. The van der Waals surface area contributed by atoms with Gasteiger partial charge in [0.2, 0.25) is 5.88 Å². The maximum Gasteiger partial charge on any atom is 0.347 e. The maximum atomic E-state index is 14.3. The maximum absolute atomic E-state index is 14.3. The first-order valence-electron chi connectivity index (χ1n) is 10.5.